The minimum Gasteiger partial charge on any atom is -0.379 e. The van der Waals surface area contributed by atoms with Crippen molar-refractivity contribution in [1.29, 1.82) is 0 Å². The van der Waals surface area contributed by atoms with E-state index in [4.69, 9.17) is 9.72 Å². The van der Waals surface area contributed by atoms with E-state index in [0.29, 0.717) is 0 Å². The Morgan fingerprint density at radius 2 is 1.86 bits per heavy atom. The number of morpholine rings is 1. The molecule has 2 saturated heterocycles. The van der Waals surface area contributed by atoms with Gasteiger partial charge in [-0.15, -0.1) is 0 Å². The average Bonchev–Trinajstić information content (AvgIpc) is 2.56. The SMILES string of the molecule is Cc1cc(N2CCCCC2)nc(NCCN2CCOCC2)n1. The zero-order chi connectivity index (χ0) is 15.2. The second-order valence-electron chi connectivity index (χ2n) is 6.12. The largest absolute Gasteiger partial charge is 0.379 e. The fourth-order valence-electron chi connectivity index (χ4n) is 3.07. The molecular formula is C16H27N5O. The first-order valence-electron chi connectivity index (χ1n) is 8.46. The van der Waals surface area contributed by atoms with Crippen LogP contribution in [0.15, 0.2) is 6.07 Å². The number of nitrogens with zero attached hydrogens (tertiary/aromatic N) is 4. The molecule has 2 fully saturated rings. The van der Waals surface area contributed by atoms with Crippen molar-refractivity contribution in [2.45, 2.75) is 26.2 Å². The summed E-state index contributed by atoms with van der Waals surface area (Å²) in [6.07, 6.45) is 3.87. The molecule has 1 aromatic rings. The summed E-state index contributed by atoms with van der Waals surface area (Å²) >= 11 is 0. The summed E-state index contributed by atoms with van der Waals surface area (Å²) in [6, 6.07) is 2.10. The van der Waals surface area contributed by atoms with Crippen LogP contribution in [0.1, 0.15) is 25.0 Å². The quantitative estimate of drug-likeness (QED) is 0.890. The summed E-state index contributed by atoms with van der Waals surface area (Å²) in [4.78, 5) is 14.0. The van der Waals surface area contributed by atoms with Crippen molar-refractivity contribution in [3.05, 3.63) is 11.8 Å². The van der Waals surface area contributed by atoms with Crippen LogP contribution in [0.25, 0.3) is 0 Å². The van der Waals surface area contributed by atoms with Gasteiger partial charge in [0, 0.05) is 51.0 Å². The van der Waals surface area contributed by atoms with Gasteiger partial charge in [0.15, 0.2) is 0 Å². The minimum absolute atomic E-state index is 0.758. The molecule has 2 aliphatic rings. The van der Waals surface area contributed by atoms with Crippen LogP contribution in [0.3, 0.4) is 0 Å². The van der Waals surface area contributed by atoms with Gasteiger partial charge >= 0.3 is 0 Å². The number of piperidine rings is 1. The Hall–Kier alpha value is -1.40. The first-order valence-corrected chi connectivity index (χ1v) is 8.46. The molecule has 0 spiro atoms. The van der Waals surface area contributed by atoms with Gasteiger partial charge in [-0.05, 0) is 26.2 Å². The third kappa shape index (κ3) is 4.30. The molecule has 22 heavy (non-hydrogen) atoms. The lowest BCUT2D eigenvalue weighted by atomic mass is 10.1. The number of rotatable bonds is 5. The first-order chi connectivity index (χ1) is 10.8. The number of aryl methyl sites for hydroxylation is 1. The molecule has 6 nitrogen and oxygen atoms in total. The maximum Gasteiger partial charge on any atom is 0.224 e. The van der Waals surface area contributed by atoms with Crippen molar-refractivity contribution in [2.75, 3.05) is 62.7 Å². The highest BCUT2D eigenvalue weighted by Crippen LogP contribution is 2.19. The summed E-state index contributed by atoms with van der Waals surface area (Å²) in [7, 11) is 0. The number of anilines is 2. The minimum atomic E-state index is 0.758. The molecule has 122 valence electrons. The monoisotopic (exact) mass is 305 g/mol. The second-order valence-corrected chi connectivity index (χ2v) is 6.12. The van der Waals surface area contributed by atoms with E-state index in [-0.39, 0.29) is 0 Å². The topological polar surface area (TPSA) is 53.5 Å². The summed E-state index contributed by atoms with van der Waals surface area (Å²) in [5.41, 5.74) is 1.03. The van der Waals surface area contributed by atoms with Gasteiger partial charge in [-0.25, -0.2) is 4.98 Å². The molecule has 3 heterocycles. The molecular weight excluding hydrogens is 278 g/mol. The van der Waals surface area contributed by atoms with Crippen LogP contribution in [-0.4, -0.2) is 67.4 Å². The van der Waals surface area contributed by atoms with Gasteiger partial charge in [0.2, 0.25) is 5.95 Å². The zero-order valence-electron chi connectivity index (χ0n) is 13.6. The van der Waals surface area contributed by atoms with Crippen LogP contribution in [-0.2, 0) is 4.74 Å². The van der Waals surface area contributed by atoms with E-state index in [9.17, 15) is 0 Å². The van der Waals surface area contributed by atoms with Gasteiger partial charge in [-0.1, -0.05) is 0 Å². The molecule has 3 rings (SSSR count). The Morgan fingerprint density at radius 1 is 1.09 bits per heavy atom. The van der Waals surface area contributed by atoms with E-state index in [1.54, 1.807) is 0 Å². The van der Waals surface area contributed by atoms with Gasteiger partial charge < -0.3 is 15.0 Å². The average molecular weight is 305 g/mol. The molecule has 1 aromatic heterocycles. The van der Waals surface area contributed by atoms with Gasteiger partial charge in [0.25, 0.3) is 0 Å². The Labute approximate surface area is 132 Å². The van der Waals surface area contributed by atoms with E-state index in [0.717, 1.165) is 69.9 Å². The maximum atomic E-state index is 5.37. The van der Waals surface area contributed by atoms with E-state index < -0.39 is 0 Å². The van der Waals surface area contributed by atoms with Crippen LogP contribution in [0.5, 0.6) is 0 Å². The van der Waals surface area contributed by atoms with Crippen molar-refractivity contribution in [1.82, 2.24) is 14.9 Å². The summed E-state index contributed by atoms with van der Waals surface area (Å²) in [5.74, 6) is 1.83. The number of ether oxygens (including phenoxy) is 1. The van der Waals surface area contributed by atoms with Crippen molar-refractivity contribution in [3.63, 3.8) is 0 Å². The van der Waals surface area contributed by atoms with Crippen molar-refractivity contribution in [2.24, 2.45) is 0 Å². The Kier molecular flexibility index (Phi) is 5.45. The molecule has 6 heteroatoms. The molecule has 0 radical (unpaired) electrons. The van der Waals surface area contributed by atoms with Crippen LogP contribution in [0.2, 0.25) is 0 Å². The molecule has 0 saturated carbocycles. The van der Waals surface area contributed by atoms with E-state index in [1.165, 1.54) is 19.3 Å². The molecule has 0 unspecified atom stereocenters. The lowest BCUT2D eigenvalue weighted by Gasteiger charge is -2.28. The third-order valence-electron chi connectivity index (χ3n) is 4.34. The summed E-state index contributed by atoms with van der Waals surface area (Å²) in [5, 5.41) is 3.38. The van der Waals surface area contributed by atoms with Crippen LogP contribution < -0.4 is 10.2 Å². The Bertz CT molecular complexity index is 470. The van der Waals surface area contributed by atoms with Gasteiger partial charge in [-0.3, -0.25) is 4.90 Å². The highest BCUT2D eigenvalue weighted by molar-refractivity contribution is 5.45. The van der Waals surface area contributed by atoms with Crippen LogP contribution in [0.4, 0.5) is 11.8 Å². The first kappa shape index (κ1) is 15.5. The second kappa shape index (κ2) is 7.74. The Morgan fingerprint density at radius 3 is 2.64 bits per heavy atom. The van der Waals surface area contributed by atoms with Gasteiger partial charge in [0.05, 0.1) is 13.2 Å². The molecule has 0 bridgehead atoms. The molecule has 1 N–H and O–H groups in total. The predicted molar refractivity (Wildman–Crippen MR) is 88.6 cm³/mol. The van der Waals surface area contributed by atoms with Gasteiger partial charge in [0.1, 0.15) is 5.82 Å². The van der Waals surface area contributed by atoms with Crippen LogP contribution >= 0.6 is 0 Å². The summed E-state index contributed by atoms with van der Waals surface area (Å²) in [6.45, 7) is 9.91. The Balaban J connectivity index is 1.54. The molecule has 0 amide bonds. The third-order valence-corrected chi connectivity index (χ3v) is 4.34. The number of nitrogens with one attached hydrogen (secondary N) is 1. The standard InChI is InChI=1S/C16H27N5O/c1-14-13-15(21-6-3-2-4-7-21)19-16(18-14)17-5-8-20-9-11-22-12-10-20/h13H,2-12H2,1H3,(H,17,18,19). The van der Waals surface area contributed by atoms with Crippen LogP contribution in [0, 0.1) is 6.92 Å². The number of hydrogen-bond donors (Lipinski definition) is 1. The lowest BCUT2D eigenvalue weighted by Crippen LogP contribution is -2.39. The smallest absolute Gasteiger partial charge is 0.224 e. The van der Waals surface area contributed by atoms with Crippen molar-refractivity contribution in [3.8, 4) is 0 Å². The fourth-order valence-corrected chi connectivity index (χ4v) is 3.07. The number of hydrogen-bond acceptors (Lipinski definition) is 6. The van der Waals surface area contributed by atoms with Gasteiger partial charge in [-0.2, -0.15) is 4.98 Å². The lowest BCUT2D eigenvalue weighted by molar-refractivity contribution is 0.0398. The maximum absolute atomic E-state index is 5.37. The highest BCUT2D eigenvalue weighted by Gasteiger charge is 2.14. The highest BCUT2D eigenvalue weighted by atomic mass is 16.5. The predicted octanol–water partition coefficient (Wildman–Crippen LogP) is 1.52. The van der Waals surface area contributed by atoms with E-state index >= 15 is 0 Å². The van der Waals surface area contributed by atoms with E-state index in [1.807, 2.05) is 6.92 Å². The number of aromatic nitrogens is 2. The molecule has 0 aliphatic carbocycles. The molecule has 2 aliphatic heterocycles. The summed E-state index contributed by atoms with van der Waals surface area (Å²) < 4.78 is 5.37. The fraction of sp³-hybridized carbons (Fsp3) is 0.750. The zero-order valence-corrected chi connectivity index (χ0v) is 13.6. The normalized spacial score (nSPS) is 20.1. The van der Waals surface area contributed by atoms with Crippen molar-refractivity contribution < 1.29 is 4.74 Å². The molecule has 0 aromatic carbocycles. The van der Waals surface area contributed by atoms with Crippen molar-refractivity contribution >= 4 is 11.8 Å². The van der Waals surface area contributed by atoms with E-state index in [2.05, 4.69) is 26.2 Å². The molecule has 0 atom stereocenters.